The van der Waals surface area contributed by atoms with Gasteiger partial charge in [0.25, 0.3) is 0 Å². The number of halogens is 1. The maximum Gasteiger partial charge on any atom is 0.348 e. The molecule has 5 aromatic rings. The lowest BCUT2D eigenvalue weighted by Crippen LogP contribution is -1.99. The molecule has 0 amide bonds. The summed E-state index contributed by atoms with van der Waals surface area (Å²) in [6.45, 7) is 2.29. The van der Waals surface area contributed by atoms with Crippen molar-refractivity contribution in [2.45, 2.75) is 13.5 Å². The first-order valence-electron chi connectivity index (χ1n) is 9.74. The second kappa shape index (κ2) is 8.33. The van der Waals surface area contributed by atoms with Gasteiger partial charge in [-0.05, 0) is 52.2 Å². The van der Waals surface area contributed by atoms with Crippen molar-refractivity contribution in [2.24, 2.45) is 0 Å². The van der Waals surface area contributed by atoms with Crippen molar-refractivity contribution in [2.75, 3.05) is 7.11 Å². The van der Waals surface area contributed by atoms with E-state index in [0.29, 0.717) is 23.0 Å². The van der Waals surface area contributed by atoms with Crippen molar-refractivity contribution >= 4 is 49.1 Å². The number of fused-ring (bicyclic) bond motifs is 3. The number of methoxy groups -OCH3 is 1. The second-order valence-corrected chi connectivity index (χ2v) is 8.95. The largest absolute Gasteiger partial charge is 0.488 e. The maximum atomic E-state index is 12.1. The Hall–Kier alpha value is -3.30. The molecule has 0 radical (unpaired) electrons. The molecule has 7 nitrogen and oxygen atoms in total. The first-order valence-corrected chi connectivity index (χ1v) is 11.4. The Bertz CT molecular complexity index is 1480. The molecule has 3 aromatic heterocycles. The number of ether oxygens (including phenoxy) is 2. The number of aromatic nitrogens is 4. The van der Waals surface area contributed by atoms with Gasteiger partial charge in [-0.3, -0.25) is 0 Å². The van der Waals surface area contributed by atoms with Crippen molar-refractivity contribution in [3.05, 3.63) is 75.3 Å². The monoisotopic (exact) mass is 508 g/mol. The van der Waals surface area contributed by atoms with E-state index in [1.54, 1.807) is 10.8 Å². The van der Waals surface area contributed by atoms with Gasteiger partial charge in [0.1, 0.15) is 28.4 Å². The van der Waals surface area contributed by atoms with E-state index < -0.39 is 0 Å². The summed E-state index contributed by atoms with van der Waals surface area (Å²) in [5.41, 5.74) is 3.32. The number of benzene rings is 2. The second-order valence-electron chi connectivity index (χ2n) is 7.10. The van der Waals surface area contributed by atoms with Crippen molar-refractivity contribution in [1.29, 1.82) is 0 Å². The van der Waals surface area contributed by atoms with Gasteiger partial charge in [-0.2, -0.15) is 0 Å². The normalized spacial score (nSPS) is 11.2. The van der Waals surface area contributed by atoms with Crippen molar-refractivity contribution < 1.29 is 14.3 Å². The predicted molar refractivity (Wildman–Crippen MR) is 126 cm³/mol. The van der Waals surface area contributed by atoms with Crippen LogP contribution in [0.2, 0.25) is 0 Å². The average Bonchev–Trinajstić information content (AvgIpc) is 3.39. The van der Waals surface area contributed by atoms with Crippen LogP contribution in [-0.4, -0.2) is 32.7 Å². The van der Waals surface area contributed by atoms with Gasteiger partial charge in [0.05, 0.1) is 17.0 Å². The zero-order valence-corrected chi connectivity index (χ0v) is 19.6. The number of aryl methyl sites for hydroxylation is 1. The summed E-state index contributed by atoms with van der Waals surface area (Å²) < 4.78 is 13.4. The Balaban J connectivity index is 1.50. The molecule has 0 N–H and O–H groups in total. The van der Waals surface area contributed by atoms with Crippen LogP contribution < -0.4 is 4.74 Å². The third kappa shape index (κ3) is 3.63. The zero-order chi connectivity index (χ0) is 22.2. The van der Waals surface area contributed by atoms with E-state index >= 15 is 0 Å². The van der Waals surface area contributed by atoms with Crippen LogP contribution in [0.1, 0.15) is 20.8 Å². The van der Waals surface area contributed by atoms with E-state index in [1.165, 1.54) is 18.4 Å². The van der Waals surface area contributed by atoms with Crippen LogP contribution in [0.15, 0.2) is 59.3 Å². The van der Waals surface area contributed by atoms with E-state index in [0.717, 1.165) is 37.1 Å². The molecule has 0 saturated heterocycles. The summed E-state index contributed by atoms with van der Waals surface area (Å²) in [5.74, 6) is 0.986. The number of esters is 1. The third-order valence-electron chi connectivity index (χ3n) is 5.05. The Kier molecular flexibility index (Phi) is 5.36. The summed E-state index contributed by atoms with van der Waals surface area (Å²) in [7, 11) is 1.37. The molecule has 160 valence electrons. The van der Waals surface area contributed by atoms with Crippen LogP contribution in [0.4, 0.5) is 0 Å². The highest BCUT2D eigenvalue weighted by atomic mass is 79.9. The highest BCUT2D eigenvalue weighted by Gasteiger charge is 2.21. The minimum Gasteiger partial charge on any atom is -0.488 e. The molecular formula is C23H17BrN4O3S. The summed E-state index contributed by atoms with van der Waals surface area (Å²) in [4.78, 5) is 22.6. The van der Waals surface area contributed by atoms with Gasteiger partial charge in [0.15, 0.2) is 11.5 Å². The molecule has 0 saturated carbocycles. The van der Waals surface area contributed by atoms with Crippen LogP contribution in [0.3, 0.4) is 0 Å². The van der Waals surface area contributed by atoms with Crippen LogP contribution in [0.25, 0.3) is 27.3 Å². The molecule has 0 aliphatic carbocycles. The number of hydrogen-bond donors (Lipinski definition) is 0. The lowest BCUT2D eigenvalue weighted by Gasteiger charge is -2.08. The molecular weight excluding hydrogens is 492 g/mol. The molecule has 32 heavy (non-hydrogen) atoms. The standard InChI is InChI=1S/C23H17BrN4O3S/c1-13-18-21-26-20(27-28(21)12-25-22(18)32-19(13)23(29)30-2)15-7-5-6-14(10-15)11-31-17-9-4-3-8-16(17)24/h3-10,12H,11H2,1-2H3. The molecule has 9 heteroatoms. The van der Waals surface area contributed by atoms with Crippen LogP contribution in [0.5, 0.6) is 5.75 Å². The zero-order valence-electron chi connectivity index (χ0n) is 17.2. The Morgan fingerprint density at radius 3 is 2.84 bits per heavy atom. The lowest BCUT2D eigenvalue weighted by atomic mass is 10.1. The summed E-state index contributed by atoms with van der Waals surface area (Å²) in [6.07, 6.45) is 1.62. The number of nitrogens with zero attached hydrogens (tertiary/aromatic N) is 4. The molecule has 0 aliphatic heterocycles. The van der Waals surface area contributed by atoms with Crippen molar-refractivity contribution in [3.63, 3.8) is 0 Å². The quantitative estimate of drug-likeness (QED) is 0.294. The molecule has 0 unspecified atom stereocenters. The molecule has 5 rings (SSSR count). The molecule has 0 aliphatic rings. The van der Waals surface area contributed by atoms with Gasteiger partial charge < -0.3 is 9.47 Å². The average molecular weight is 509 g/mol. The fourth-order valence-electron chi connectivity index (χ4n) is 3.47. The summed E-state index contributed by atoms with van der Waals surface area (Å²) >= 11 is 4.80. The smallest absolute Gasteiger partial charge is 0.348 e. The fraction of sp³-hybridized carbons (Fsp3) is 0.130. The van der Waals surface area contributed by atoms with Gasteiger partial charge in [-0.25, -0.2) is 19.3 Å². The fourth-order valence-corrected chi connectivity index (χ4v) is 4.93. The third-order valence-corrected chi connectivity index (χ3v) is 6.89. The summed E-state index contributed by atoms with van der Waals surface area (Å²) in [6, 6.07) is 15.7. The number of carbonyl (C=O) groups excluding carboxylic acids is 1. The van der Waals surface area contributed by atoms with E-state index in [4.69, 9.17) is 14.5 Å². The highest BCUT2D eigenvalue weighted by Crippen LogP contribution is 2.33. The molecule has 0 atom stereocenters. The Morgan fingerprint density at radius 2 is 2.03 bits per heavy atom. The van der Waals surface area contributed by atoms with Crippen LogP contribution >= 0.6 is 27.3 Å². The van der Waals surface area contributed by atoms with E-state index in [2.05, 4.69) is 26.0 Å². The van der Waals surface area contributed by atoms with Crippen LogP contribution in [0, 0.1) is 6.92 Å². The SMILES string of the molecule is COC(=O)c1sc2ncn3nc(-c4cccc(COc5ccccc5Br)c4)nc3c2c1C. The topological polar surface area (TPSA) is 78.6 Å². The van der Waals surface area contributed by atoms with E-state index in [1.807, 2.05) is 55.5 Å². The number of hydrogen-bond acceptors (Lipinski definition) is 7. The van der Waals surface area contributed by atoms with Crippen molar-refractivity contribution in [1.82, 2.24) is 19.6 Å². The van der Waals surface area contributed by atoms with Gasteiger partial charge in [-0.15, -0.1) is 16.4 Å². The predicted octanol–water partition coefficient (Wildman–Crippen LogP) is 5.44. The van der Waals surface area contributed by atoms with Gasteiger partial charge in [0.2, 0.25) is 0 Å². The maximum absolute atomic E-state index is 12.1. The molecule has 0 spiro atoms. The number of thiophene rings is 1. The first kappa shape index (κ1) is 20.6. The first-order chi connectivity index (χ1) is 15.5. The van der Waals surface area contributed by atoms with E-state index in [-0.39, 0.29) is 5.97 Å². The molecule has 2 aromatic carbocycles. The number of carbonyl (C=O) groups is 1. The molecule has 0 fully saturated rings. The van der Waals surface area contributed by atoms with Crippen LogP contribution in [-0.2, 0) is 11.3 Å². The molecule has 3 heterocycles. The minimum atomic E-state index is -0.374. The lowest BCUT2D eigenvalue weighted by molar-refractivity contribution is 0.0605. The number of rotatable bonds is 5. The Labute approximate surface area is 195 Å². The van der Waals surface area contributed by atoms with Gasteiger partial charge in [-0.1, -0.05) is 30.3 Å². The van der Waals surface area contributed by atoms with Gasteiger partial charge >= 0.3 is 5.97 Å². The van der Waals surface area contributed by atoms with E-state index in [9.17, 15) is 4.79 Å². The highest BCUT2D eigenvalue weighted by molar-refractivity contribution is 9.10. The number of para-hydroxylation sites is 1. The summed E-state index contributed by atoms with van der Waals surface area (Å²) in [5, 5.41) is 5.42. The molecule has 0 bridgehead atoms. The Morgan fingerprint density at radius 1 is 1.19 bits per heavy atom. The van der Waals surface area contributed by atoms with Crippen molar-refractivity contribution in [3.8, 4) is 17.1 Å². The minimum absolute atomic E-state index is 0.374. The van der Waals surface area contributed by atoms with Gasteiger partial charge in [0, 0.05) is 5.56 Å².